The van der Waals surface area contributed by atoms with Crippen LogP contribution in [0.5, 0.6) is 11.5 Å². The average molecular weight is 449 g/mol. The van der Waals surface area contributed by atoms with Crippen LogP contribution in [0.25, 0.3) is 22.3 Å². The van der Waals surface area contributed by atoms with Crippen molar-refractivity contribution < 1.29 is 9.47 Å². The van der Waals surface area contributed by atoms with Crippen LogP contribution in [0.1, 0.15) is 16.7 Å². The van der Waals surface area contributed by atoms with Crippen LogP contribution < -0.4 is 15.0 Å². The van der Waals surface area contributed by atoms with E-state index in [0.29, 0.717) is 29.1 Å². The Bertz CT molecular complexity index is 1490. The summed E-state index contributed by atoms with van der Waals surface area (Å²) in [5.74, 6) is 2.06. The van der Waals surface area contributed by atoms with E-state index in [1.807, 2.05) is 72.8 Å². The average Bonchev–Trinajstić information content (AvgIpc) is 2.88. The second kappa shape index (κ2) is 9.63. The number of ether oxygens (including phenoxy) is 2. The van der Waals surface area contributed by atoms with E-state index < -0.39 is 0 Å². The lowest BCUT2D eigenvalue weighted by atomic mass is 10.0. The van der Waals surface area contributed by atoms with E-state index in [9.17, 15) is 4.79 Å². The first-order valence-electron chi connectivity index (χ1n) is 11.1. The number of fused-ring (bicyclic) bond motifs is 1. The van der Waals surface area contributed by atoms with Gasteiger partial charge in [0.05, 0.1) is 18.0 Å². The minimum absolute atomic E-state index is 0.163. The van der Waals surface area contributed by atoms with Gasteiger partial charge >= 0.3 is 0 Å². The first-order chi connectivity index (χ1) is 16.7. The van der Waals surface area contributed by atoms with Gasteiger partial charge in [-0.05, 0) is 47.5 Å². The number of aromatic nitrogens is 2. The maximum absolute atomic E-state index is 12.5. The van der Waals surface area contributed by atoms with E-state index in [0.717, 1.165) is 28.9 Å². The zero-order chi connectivity index (χ0) is 23.3. The Morgan fingerprint density at radius 1 is 0.794 bits per heavy atom. The number of para-hydroxylation sites is 2. The van der Waals surface area contributed by atoms with Gasteiger partial charge in [0.2, 0.25) is 0 Å². The number of H-pyrrole nitrogens is 1. The molecule has 5 aromatic rings. The molecule has 0 aliphatic rings. The molecule has 0 radical (unpaired) electrons. The van der Waals surface area contributed by atoms with Gasteiger partial charge in [-0.1, -0.05) is 60.7 Å². The largest absolute Gasteiger partial charge is 0.496 e. The van der Waals surface area contributed by atoms with Crippen molar-refractivity contribution in [3.63, 3.8) is 0 Å². The second-order valence-corrected chi connectivity index (χ2v) is 8.02. The first-order valence-corrected chi connectivity index (χ1v) is 11.1. The Kier molecular flexibility index (Phi) is 6.08. The van der Waals surface area contributed by atoms with Gasteiger partial charge < -0.3 is 14.5 Å². The summed E-state index contributed by atoms with van der Waals surface area (Å²) >= 11 is 0. The standard InChI is InChI=1S/C29H24N2O3/c1-33-26-16-15-22(28-30-25-13-7-6-12-24(25)29(32)31-28)18-23(26)19-34-27-14-8-5-11-21(27)17-20-9-3-2-4-10-20/h2-16,18H,17,19H2,1H3,(H,30,31,32). The molecule has 0 saturated carbocycles. The smallest absolute Gasteiger partial charge is 0.259 e. The number of methoxy groups -OCH3 is 1. The molecule has 5 nitrogen and oxygen atoms in total. The Morgan fingerprint density at radius 2 is 1.56 bits per heavy atom. The molecule has 1 N–H and O–H groups in total. The van der Waals surface area contributed by atoms with Crippen molar-refractivity contribution in [2.45, 2.75) is 13.0 Å². The minimum Gasteiger partial charge on any atom is -0.496 e. The lowest BCUT2D eigenvalue weighted by Crippen LogP contribution is -2.09. The molecule has 0 saturated heterocycles. The monoisotopic (exact) mass is 448 g/mol. The maximum atomic E-state index is 12.5. The molecule has 5 heteroatoms. The summed E-state index contributed by atoms with van der Waals surface area (Å²) in [7, 11) is 1.64. The van der Waals surface area contributed by atoms with Crippen molar-refractivity contribution in [2.75, 3.05) is 7.11 Å². The molecule has 0 aliphatic heterocycles. The molecule has 0 bridgehead atoms. The van der Waals surface area contributed by atoms with Crippen molar-refractivity contribution in [1.82, 2.24) is 9.97 Å². The highest BCUT2D eigenvalue weighted by atomic mass is 16.5. The topological polar surface area (TPSA) is 64.2 Å². The summed E-state index contributed by atoms with van der Waals surface area (Å²) in [6.07, 6.45) is 0.788. The van der Waals surface area contributed by atoms with Gasteiger partial charge in [0.1, 0.15) is 23.9 Å². The third-order valence-corrected chi connectivity index (χ3v) is 5.76. The van der Waals surface area contributed by atoms with Gasteiger partial charge in [-0.25, -0.2) is 4.98 Å². The SMILES string of the molecule is COc1ccc(-c2nc3ccccc3c(=O)[nH]2)cc1COc1ccccc1Cc1ccccc1. The molecule has 5 rings (SSSR count). The lowest BCUT2D eigenvalue weighted by Gasteiger charge is -2.15. The summed E-state index contributed by atoms with van der Waals surface area (Å²) in [6, 6.07) is 31.4. The number of rotatable bonds is 7. The molecule has 4 aromatic carbocycles. The maximum Gasteiger partial charge on any atom is 0.259 e. The highest BCUT2D eigenvalue weighted by Gasteiger charge is 2.12. The van der Waals surface area contributed by atoms with Crippen LogP contribution in [0.15, 0.2) is 102 Å². The van der Waals surface area contributed by atoms with E-state index in [-0.39, 0.29) is 5.56 Å². The molecular weight excluding hydrogens is 424 g/mol. The van der Waals surface area contributed by atoms with Crippen molar-refractivity contribution in [3.8, 4) is 22.9 Å². The van der Waals surface area contributed by atoms with Gasteiger partial charge in [0.15, 0.2) is 0 Å². The summed E-state index contributed by atoms with van der Waals surface area (Å²) in [4.78, 5) is 20.1. The van der Waals surface area contributed by atoms with Crippen molar-refractivity contribution in [1.29, 1.82) is 0 Å². The quantitative estimate of drug-likeness (QED) is 0.343. The normalized spacial score (nSPS) is 10.9. The first kappa shape index (κ1) is 21.5. The van der Waals surface area contributed by atoms with Crippen LogP contribution in [0.4, 0.5) is 0 Å². The van der Waals surface area contributed by atoms with Crippen LogP contribution in [-0.2, 0) is 13.0 Å². The second-order valence-electron chi connectivity index (χ2n) is 8.02. The number of nitrogens with zero attached hydrogens (tertiary/aromatic N) is 1. The van der Waals surface area contributed by atoms with E-state index in [2.05, 4.69) is 28.2 Å². The molecule has 1 aromatic heterocycles. The number of benzene rings is 4. The van der Waals surface area contributed by atoms with Gasteiger partial charge in [-0.2, -0.15) is 0 Å². The fourth-order valence-electron chi connectivity index (χ4n) is 4.02. The van der Waals surface area contributed by atoms with E-state index >= 15 is 0 Å². The van der Waals surface area contributed by atoms with Crippen molar-refractivity contribution in [2.24, 2.45) is 0 Å². The fourth-order valence-corrected chi connectivity index (χ4v) is 4.02. The third-order valence-electron chi connectivity index (χ3n) is 5.76. The zero-order valence-electron chi connectivity index (χ0n) is 18.8. The summed E-state index contributed by atoms with van der Waals surface area (Å²) in [5, 5.41) is 0.568. The number of aromatic amines is 1. The number of hydrogen-bond donors (Lipinski definition) is 1. The molecule has 168 valence electrons. The predicted octanol–water partition coefficient (Wildman–Crippen LogP) is 5.77. The molecule has 0 fully saturated rings. The Labute approximate surface area is 197 Å². The van der Waals surface area contributed by atoms with Crippen LogP contribution in [0.3, 0.4) is 0 Å². The molecule has 0 unspecified atom stereocenters. The van der Waals surface area contributed by atoms with Crippen molar-refractivity contribution >= 4 is 10.9 Å². The fraction of sp³-hybridized carbons (Fsp3) is 0.103. The van der Waals surface area contributed by atoms with E-state index in [4.69, 9.17) is 9.47 Å². The predicted molar refractivity (Wildman–Crippen MR) is 134 cm³/mol. The van der Waals surface area contributed by atoms with Gasteiger partial charge in [-0.15, -0.1) is 0 Å². The molecule has 0 spiro atoms. The highest BCUT2D eigenvalue weighted by molar-refractivity contribution is 5.79. The Balaban J connectivity index is 1.43. The van der Waals surface area contributed by atoms with Gasteiger partial charge in [0, 0.05) is 17.5 Å². The minimum atomic E-state index is -0.163. The molecule has 1 heterocycles. The number of nitrogens with one attached hydrogen (secondary N) is 1. The summed E-state index contributed by atoms with van der Waals surface area (Å²) < 4.78 is 11.8. The zero-order valence-corrected chi connectivity index (χ0v) is 18.8. The van der Waals surface area contributed by atoms with Gasteiger partial charge in [0.25, 0.3) is 5.56 Å². The Morgan fingerprint density at radius 3 is 2.41 bits per heavy atom. The number of hydrogen-bond acceptors (Lipinski definition) is 4. The van der Waals surface area contributed by atoms with E-state index in [1.54, 1.807) is 13.2 Å². The van der Waals surface area contributed by atoms with Crippen LogP contribution in [0.2, 0.25) is 0 Å². The third kappa shape index (κ3) is 4.55. The Hall–Kier alpha value is -4.38. The van der Waals surface area contributed by atoms with E-state index in [1.165, 1.54) is 5.56 Å². The molecular formula is C29H24N2O3. The van der Waals surface area contributed by atoms with Gasteiger partial charge in [-0.3, -0.25) is 4.79 Å². The summed E-state index contributed by atoms with van der Waals surface area (Å²) in [6.45, 7) is 0.320. The van der Waals surface area contributed by atoms with Crippen LogP contribution in [-0.4, -0.2) is 17.1 Å². The lowest BCUT2D eigenvalue weighted by molar-refractivity contribution is 0.294. The van der Waals surface area contributed by atoms with Crippen LogP contribution >= 0.6 is 0 Å². The molecule has 34 heavy (non-hydrogen) atoms. The molecule has 0 amide bonds. The summed E-state index contributed by atoms with van der Waals surface area (Å²) in [5.41, 5.74) is 4.49. The molecule has 0 atom stereocenters. The van der Waals surface area contributed by atoms with Crippen LogP contribution in [0, 0.1) is 0 Å². The van der Waals surface area contributed by atoms with Crippen molar-refractivity contribution in [3.05, 3.63) is 124 Å². The highest BCUT2D eigenvalue weighted by Crippen LogP contribution is 2.28. The molecule has 0 aliphatic carbocycles.